The van der Waals surface area contributed by atoms with Gasteiger partial charge in [0.1, 0.15) is 5.75 Å². The molecule has 7 heteroatoms. The predicted octanol–water partition coefficient (Wildman–Crippen LogP) is 2.75. The second kappa shape index (κ2) is 8.38. The minimum absolute atomic E-state index is 0.140. The predicted molar refractivity (Wildman–Crippen MR) is 97.4 cm³/mol. The molecule has 1 atom stereocenters. The third-order valence-electron chi connectivity index (χ3n) is 4.46. The molecule has 2 aromatic rings. The molecule has 1 heterocycles. The quantitative estimate of drug-likeness (QED) is 0.776. The first kappa shape index (κ1) is 18.5. The summed E-state index contributed by atoms with van der Waals surface area (Å²) in [5, 5.41) is 13.1. The van der Waals surface area contributed by atoms with Crippen molar-refractivity contribution >= 4 is 17.5 Å². The molecular weight excluding hydrogens is 356 g/mol. The van der Waals surface area contributed by atoms with Gasteiger partial charge < -0.3 is 19.9 Å². The van der Waals surface area contributed by atoms with Crippen LogP contribution in [0.1, 0.15) is 24.4 Å². The molecule has 0 aliphatic heterocycles. The van der Waals surface area contributed by atoms with Crippen LogP contribution in [0.3, 0.4) is 0 Å². The van der Waals surface area contributed by atoms with Gasteiger partial charge in [0, 0.05) is 12.3 Å². The SMILES string of the molecule is COc1ccc([C@@H](NC(=O)COc2ccccc2Cl)C2CC(O)C2)cn1. The van der Waals surface area contributed by atoms with Gasteiger partial charge in [-0.05, 0) is 36.5 Å². The third kappa shape index (κ3) is 4.45. The highest BCUT2D eigenvalue weighted by atomic mass is 35.5. The van der Waals surface area contributed by atoms with Crippen molar-refractivity contribution < 1.29 is 19.4 Å². The minimum atomic E-state index is -0.315. The summed E-state index contributed by atoms with van der Waals surface area (Å²) in [6, 6.07) is 10.4. The molecule has 1 saturated carbocycles. The molecule has 1 aliphatic carbocycles. The van der Waals surface area contributed by atoms with Crippen LogP contribution in [-0.4, -0.2) is 35.8 Å². The molecule has 0 saturated heterocycles. The fourth-order valence-electron chi connectivity index (χ4n) is 2.99. The number of carbonyl (C=O) groups is 1. The van der Waals surface area contributed by atoms with Crippen molar-refractivity contribution in [2.75, 3.05) is 13.7 Å². The van der Waals surface area contributed by atoms with Crippen LogP contribution in [0.15, 0.2) is 42.6 Å². The van der Waals surface area contributed by atoms with E-state index < -0.39 is 0 Å². The van der Waals surface area contributed by atoms with Crippen LogP contribution >= 0.6 is 11.6 Å². The highest BCUT2D eigenvalue weighted by Crippen LogP contribution is 2.38. The lowest BCUT2D eigenvalue weighted by Crippen LogP contribution is -2.42. The van der Waals surface area contributed by atoms with Crippen LogP contribution in [-0.2, 0) is 4.79 Å². The number of ether oxygens (including phenoxy) is 2. The molecule has 1 aliphatic rings. The highest BCUT2D eigenvalue weighted by Gasteiger charge is 2.35. The number of aliphatic hydroxyl groups is 1. The van der Waals surface area contributed by atoms with E-state index in [1.54, 1.807) is 43.6 Å². The Morgan fingerprint density at radius 1 is 1.35 bits per heavy atom. The van der Waals surface area contributed by atoms with Gasteiger partial charge >= 0.3 is 0 Å². The molecule has 2 N–H and O–H groups in total. The number of aliphatic hydroxyl groups excluding tert-OH is 1. The van der Waals surface area contributed by atoms with E-state index in [2.05, 4.69) is 10.3 Å². The maximum atomic E-state index is 12.4. The molecule has 1 fully saturated rings. The van der Waals surface area contributed by atoms with E-state index in [0.29, 0.717) is 29.5 Å². The van der Waals surface area contributed by atoms with Gasteiger partial charge in [-0.1, -0.05) is 29.8 Å². The second-order valence-corrected chi connectivity index (χ2v) is 6.69. The fourth-order valence-corrected chi connectivity index (χ4v) is 3.18. The van der Waals surface area contributed by atoms with E-state index in [0.717, 1.165) is 5.56 Å². The summed E-state index contributed by atoms with van der Waals surface area (Å²) >= 11 is 6.03. The largest absolute Gasteiger partial charge is 0.482 e. The number of rotatable bonds is 7. The number of nitrogens with one attached hydrogen (secondary N) is 1. The topological polar surface area (TPSA) is 80.7 Å². The Balaban J connectivity index is 1.65. The zero-order valence-corrected chi connectivity index (χ0v) is 15.1. The summed E-state index contributed by atoms with van der Waals surface area (Å²) < 4.78 is 10.6. The molecule has 0 unspecified atom stereocenters. The number of methoxy groups -OCH3 is 1. The molecule has 6 nitrogen and oxygen atoms in total. The van der Waals surface area contributed by atoms with Gasteiger partial charge in [0.25, 0.3) is 5.91 Å². The smallest absolute Gasteiger partial charge is 0.258 e. The molecule has 1 amide bonds. The lowest BCUT2D eigenvalue weighted by molar-refractivity contribution is -0.125. The lowest BCUT2D eigenvalue weighted by Gasteiger charge is -2.38. The van der Waals surface area contributed by atoms with Crippen LogP contribution in [0.5, 0.6) is 11.6 Å². The van der Waals surface area contributed by atoms with E-state index in [1.165, 1.54) is 0 Å². The zero-order valence-electron chi connectivity index (χ0n) is 14.4. The normalized spacial score (nSPS) is 20.0. The van der Waals surface area contributed by atoms with Gasteiger partial charge in [-0.15, -0.1) is 0 Å². The Morgan fingerprint density at radius 3 is 2.73 bits per heavy atom. The van der Waals surface area contributed by atoms with Crippen LogP contribution < -0.4 is 14.8 Å². The molecule has 26 heavy (non-hydrogen) atoms. The number of hydrogen-bond donors (Lipinski definition) is 2. The summed E-state index contributed by atoms with van der Waals surface area (Å²) in [5.74, 6) is 0.872. The molecule has 3 rings (SSSR count). The number of halogens is 1. The van der Waals surface area contributed by atoms with Crippen molar-refractivity contribution in [1.82, 2.24) is 10.3 Å². The molecular formula is C19H21ClN2O4. The van der Waals surface area contributed by atoms with Crippen LogP contribution in [0.4, 0.5) is 0 Å². The maximum absolute atomic E-state index is 12.4. The number of nitrogens with zero attached hydrogens (tertiary/aromatic N) is 1. The van der Waals surface area contributed by atoms with Crippen LogP contribution in [0.25, 0.3) is 0 Å². The zero-order chi connectivity index (χ0) is 18.5. The minimum Gasteiger partial charge on any atom is -0.482 e. The van der Waals surface area contributed by atoms with E-state index in [4.69, 9.17) is 21.1 Å². The van der Waals surface area contributed by atoms with Gasteiger partial charge in [0.05, 0.1) is 24.3 Å². The van der Waals surface area contributed by atoms with Crippen LogP contribution in [0, 0.1) is 5.92 Å². The summed E-state index contributed by atoms with van der Waals surface area (Å²) in [5.41, 5.74) is 0.869. The Labute approximate surface area is 157 Å². The Hall–Kier alpha value is -2.31. The van der Waals surface area contributed by atoms with Gasteiger partial charge in [-0.25, -0.2) is 4.98 Å². The number of hydrogen-bond acceptors (Lipinski definition) is 5. The third-order valence-corrected chi connectivity index (χ3v) is 4.77. The number of aromatic nitrogens is 1. The molecule has 0 bridgehead atoms. The average molecular weight is 377 g/mol. The average Bonchev–Trinajstić information content (AvgIpc) is 2.63. The first-order chi connectivity index (χ1) is 12.6. The van der Waals surface area contributed by atoms with E-state index in [1.807, 2.05) is 6.07 Å². The molecule has 1 aromatic carbocycles. The van der Waals surface area contributed by atoms with E-state index >= 15 is 0 Å². The molecule has 1 aromatic heterocycles. The lowest BCUT2D eigenvalue weighted by atomic mass is 9.75. The maximum Gasteiger partial charge on any atom is 0.258 e. The van der Waals surface area contributed by atoms with Crippen molar-refractivity contribution in [3.8, 4) is 11.6 Å². The summed E-state index contributed by atoms with van der Waals surface area (Å²) in [7, 11) is 1.55. The molecule has 0 spiro atoms. The Morgan fingerprint density at radius 2 is 2.12 bits per heavy atom. The van der Waals surface area contributed by atoms with Crippen molar-refractivity contribution in [1.29, 1.82) is 0 Å². The standard InChI is InChI=1S/C19H21ClN2O4/c1-25-18-7-6-12(10-21-18)19(13-8-14(23)9-13)22-17(24)11-26-16-5-3-2-4-15(16)20/h2-7,10,13-14,19,23H,8-9,11H2,1H3,(H,22,24)/t13?,14?,19-/m1/s1. The van der Waals surface area contributed by atoms with Crippen molar-refractivity contribution in [3.05, 3.63) is 53.2 Å². The number of benzene rings is 1. The number of amides is 1. The summed E-state index contributed by atoms with van der Waals surface area (Å²) in [4.78, 5) is 16.6. The summed E-state index contributed by atoms with van der Waals surface area (Å²) in [6.45, 7) is -0.140. The Kier molecular flexibility index (Phi) is 5.96. The van der Waals surface area contributed by atoms with Gasteiger partial charge in [0.2, 0.25) is 5.88 Å². The van der Waals surface area contributed by atoms with Crippen molar-refractivity contribution in [2.24, 2.45) is 5.92 Å². The van der Waals surface area contributed by atoms with E-state index in [-0.39, 0.29) is 30.6 Å². The Bertz CT molecular complexity index is 747. The van der Waals surface area contributed by atoms with Crippen molar-refractivity contribution in [3.63, 3.8) is 0 Å². The monoisotopic (exact) mass is 376 g/mol. The first-order valence-corrected chi connectivity index (χ1v) is 8.79. The molecule has 0 radical (unpaired) electrons. The van der Waals surface area contributed by atoms with Gasteiger partial charge in [0.15, 0.2) is 6.61 Å². The molecule has 138 valence electrons. The van der Waals surface area contributed by atoms with Gasteiger partial charge in [-0.3, -0.25) is 4.79 Å². The second-order valence-electron chi connectivity index (χ2n) is 6.28. The van der Waals surface area contributed by atoms with E-state index in [9.17, 15) is 9.90 Å². The number of carbonyl (C=O) groups excluding carboxylic acids is 1. The van der Waals surface area contributed by atoms with Gasteiger partial charge in [-0.2, -0.15) is 0 Å². The fraction of sp³-hybridized carbons (Fsp3) is 0.368. The summed E-state index contributed by atoms with van der Waals surface area (Å²) in [6.07, 6.45) is 2.65. The van der Waals surface area contributed by atoms with Crippen molar-refractivity contribution in [2.45, 2.75) is 25.0 Å². The van der Waals surface area contributed by atoms with Crippen LogP contribution in [0.2, 0.25) is 5.02 Å². The highest BCUT2D eigenvalue weighted by molar-refractivity contribution is 6.32. The number of para-hydroxylation sites is 1. The first-order valence-electron chi connectivity index (χ1n) is 8.41. The number of pyridine rings is 1.